The van der Waals surface area contributed by atoms with Gasteiger partial charge in [-0.3, -0.25) is 4.79 Å². The molecule has 2 aromatic rings. The van der Waals surface area contributed by atoms with Crippen LogP contribution in [0, 0.1) is 12.7 Å². The molecule has 0 spiro atoms. The number of thioether (sulfide) groups is 1. The minimum Gasteiger partial charge on any atom is -0.340 e. The molecule has 0 aliphatic rings. The van der Waals surface area contributed by atoms with Crippen molar-refractivity contribution in [3.8, 4) is 0 Å². The van der Waals surface area contributed by atoms with E-state index < -0.39 is 0 Å². The van der Waals surface area contributed by atoms with Crippen LogP contribution in [-0.4, -0.2) is 37.9 Å². The lowest BCUT2D eigenvalue weighted by Gasteiger charge is -2.21. The molecule has 1 heterocycles. The van der Waals surface area contributed by atoms with E-state index in [-0.39, 0.29) is 17.0 Å². The summed E-state index contributed by atoms with van der Waals surface area (Å²) in [5.41, 5.74) is 0.758. The Labute approximate surface area is 145 Å². The van der Waals surface area contributed by atoms with Gasteiger partial charge in [-0.05, 0) is 31.5 Å². The molecule has 0 bridgehead atoms. The van der Waals surface area contributed by atoms with Crippen LogP contribution in [0.2, 0.25) is 0 Å². The quantitative estimate of drug-likeness (QED) is 0.570. The molecule has 0 saturated carbocycles. The molecule has 0 aliphatic heterocycles. The van der Waals surface area contributed by atoms with E-state index in [0.29, 0.717) is 18.2 Å². The molecule has 1 atom stereocenters. The molecule has 0 fully saturated rings. The Hall–Kier alpha value is -2.15. The summed E-state index contributed by atoms with van der Waals surface area (Å²) in [6.07, 6.45) is 1.77. The predicted molar refractivity (Wildman–Crippen MR) is 93.1 cm³/mol. The van der Waals surface area contributed by atoms with Gasteiger partial charge in [-0.1, -0.05) is 30.0 Å². The Morgan fingerprint density at radius 3 is 2.92 bits per heavy atom. The normalized spacial score (nSPS) is 12.0. The standard InChI is InChI=1S/C17H21FN4OS/c1-5-9-22-13(3)19-20-17(22)24-12(2)16(23)21(4)11-14-7-6-8-15(18)10-14/h5-8,10,12H,1,9,11H2,2-4H3. The number of hydrogen-bond donors (Lipinski definition) is 0. The number of carbonyl (C=O) groups excluding carboxylic acids is 1. The Morgan fingerprint density at radius 2 is 2.25 bits per heavy atom. The van der Waals surface area contributed by atoms with Crippen molar-refractivity contribution in [2.75, 3.05) is 7.05 Å². The van der Waals surface area contributed by atoms with E-state index >= 15 is 0 Å². The largest absolute Gasteiger partial charge is 0.340 e. The lowest BCUT2D eigenvalue weighted by atomic mass is 10.2. The molecule has 1 amide bonds. The Morgan fingerprint density at radius 1 is 1.50 bits per heavy atom. The van der Waals surface area contributed by atoms with E-state index in [9.17, 15) is 9.18 Å². The van der Waals surface area contributed by atoms with Crippen molar-refractivity contribution in [2.24, 2.45) is 0 Å². The zero-order valence-corrected chi connectivity index (χ0v) is 14.9. The molecule has 7 heteroatoms. The van der Waals surface area contributed by atoms with Crippen LogP contribution < -0.4 is 0 Å². The first-order valence-electron chi connectivity index (χ1n) is 7.59. The number of nitrogens with zero attached hydrogens (tertiary/aromatic N) is 4. The van der Waals surface area contributed by atoms with Crippen molar-refractivity contribution in [3.05, 3.63) is 54.1 Å². The van der Waals surface area contributed by atoms with Gasteiger partial charge in [0.2, 0.25) is 5.91 Å². The molecule has 0 radical (unpaired) electrons. The van der Waals surface area contributed by atoms with Gasteiger partial charge in [0.1, 0.15) is 11.6 Å². The average Bonchev–Trinajstić information content (AvgIpc) is 2.87. The number of hydrogen-bond acceptors (Lipinski definition) is 4. The molecule has 1 aromatic carbocycles. The summed E-state index contributed by atoms with van der Waals surface area (Å²) in [6.45, 7) is 8.38. The summed E-state index contributed by atoms with van der Waals surface area (Å²) >= 11 is 1.36. The number of benzene rings is 1. The first kappa shape index (κ1) is 18.2. The van der Waals surface area contributed by atoms with Crippen LogP contribution in [0.15, 0.2) is 42.1 Å². The van der Waals surface area contributed by atoms with Gasteiger partial charge in [-0.25, -0.2) is 4.39 Å². The highest BCUT2D eigenvalue weighted by atomic mass is 32.2. The number of amides is 1. The summed E-state index contributed by atoms with van der Waals surface area (Å²) in [5.74, 6) is 0.434. The van der Waals surface area contributed by atoms with Gasteiger partial charge in [0.25, 0.3) is 0 Å². The van der Waals surface area contributed by atoms with E-state index in [4.69, 9.17) is 0 Å². The Balaban J connectivity index is 2.02. The third kappa shape index (κ3) is 4.44. The topological polar surface area (TPSA) is 51.0 Å². The Bertz CT molecular complexity index is 731. The van der Waals surface area contributed by atoms with Gasteiger partial charge in [0.05, 0.1) is 5.25 Å². The third-order valence-corrected chi connectivity index (χ3v) is 4.60. The van der Waals surface area contributed by atoms with E-state index in [1.54, 1.807) is 30.2 Å². The van der Waals surface area contributed by atoms with Crippen LogP contribution in [-0.2, 0) is 17.9 Å². The van der Waals surface area contributed by atoms with Crippen molar-refractivity contribution in [1.82, 2.24) is 19.7 Å². The van der Waals surface area contributed by atoms with Crippen LogP contribution >= 0.6 is 11.8 Å². The van der Waals surface area contributed by atoms with E-state index in [1.807, 2.05) is 18.4 Å². The van der Waals surface area contributed by atoms with Crippen molar-refractivity contribution in [3.63, 3.8) is 0 Å². The highest BCUT2D eigenvalue weighted by Crippen LogP contribution is 2.24. The van der Waals surface area contributed by atoms with E-state index in [2.05, 4.69) is 16.8 Å². The number of aryl methyl sites for hydroxylation is 1. The second-order valence-corrected chi connectivity index (χ2v) is 6.82. The fourth-order valence-corrected chi connectivity index (χ4v) is 3.31. The minimum absolute atomic E-state index is 0.0462. The molecule has 2 rings (SSSR count). The number of halogens is 1. The number of rotatable bonds is 7. The smallest absolute Gasteiger partial charge is 0.235 e. The summed E-state index contributed by atoms with van der Waals surface area (Å²) in [7, 11) is 1.71. The molecule has 5 nitrogen and oxygen atoms in total. The average molecular weight is 348 g/mol. The number of allylic oxidation sites excluding steroid dienone is 1. The van der Waals surface area contributed by atoms with Crippen LogP contribution in [0.1, 0.15) is 18.3 Å². The highest BCUT2D eigenvalue weighted by molar-refractivity contribution is 8.00. The maximum Gasteiger partial charge on any atom is 0.235 e. The van der Waals surface area contributed by atoms with Crippen LogP contribution in [0.5, 0.6) is 0 Å². The molecule has 1 aromatic heterocycles. The number of aromatic nitrogens is 3. The highest BCUT2D eigenvalue weighted by Gasteiger charge is 2.22. The van der Waals surface area contributed by atoms with Crippen molar-refractivity contribution in [1.29, 1.82) is 0 Å². The van der Waals surface area contributed by atoms with Gasteiger partial charge < -0.3 is 9.47 Å². The van der Waals surface area contributed by atoms with Gasteiger partial charge in [0.15, 0.2) is 5.16 Å². The van der Waals surface area contributed by atoms with Gasteiger partial charge in [-0.15, -0.1) is 16.8 Å². The first-order valence-corrected chi connectivity index (χ1v) is 8.47. The SMILES string of the molecule is C=CCn1c(C)nnc1SC(C)C(=O)N(C)Cc1cccc(F)c1. The van der Waals surface area contributed by atoms with Gasteiger partial charge in [-0.2, -0.15) is 0 Å². The minimum atomic E-state index is -0.323. The fourth-order valence-electron chi connectivity index (χ4n) is 2.29. The molecule has 0 aliphatic carbocycles. The molecule has 0 N–H and O–H groups in total. The molecular weight excluding hydrogens is 327 g/mol. The monoisotopic (exact) mass is 348 g/mol. The predicted octanol–water partition coefficient (Wildman–Crippen LogP) is 3.05. The molecule has 24 heavy (non-hydrogen) atoms. The lowest BCUT2D eigenvalue weighted by molar-refractivity contribution is -0.129. The second-order valence-electron chi connectivity index (χ2n) is 5.51. The van der Waals surface area contributed by atoms with Crippen molar-refractivity contribution in [2.45, 2.75) is 37.3 Å². The van der Waals surface area contributed by atoms with Crippen molar-refractivity contribution >= 4 is 17.7 Å². The zero-order chi connectivity index (χ0) is 17.7. The third-order valence-electron chi connectivity index (χ3n) is 3.53. The van der Waals surface area contributed by atoms with Crippen LogP contribution in [0.25, 0.3) is 0 Å². The molecule has 1 unspecified atom stereocenters. The summed E-state index contributed by atoms with van der Waals surface area (Å²) in [6, 6.07) is 6.26. The fraction of sp³-hybridized carbons (Fsp3) is 0.353. The Kier molecular flexibility index (Phi) is 6.14. The van der Waals surface area contributed by atoms with Crippen molar-refractivity contribution < 1.29 is 9.18 Å². The summed E-state index contributed by atoms with van der Waals surface area (Å²) in [5, 5.41) is 8.53. The van der Waals surface area contributed by atoms with Gasteiger partial charge >= 0.3 is 0 Å². The lowest BCUT2D eigenvalue weighted by Crippen LogP contribution is -2.33. The van der Waals surface area contributed by atoms with Gasteiger partial charge in [0, 0.05) is 20.1 Å². The first-order chi connectivity index (χ1) is 11.4. The van der Waals surface area contributed by atoms with E-state index in [0.717, 1.165) is 11.4 Å². The zero-order valence-electron chi connectivity index (χ0n) is 14.1. The summed E-state index contributed by atoms with van der Waals surface area (Å²) < 4.78 is 15.2. The molecular formula is C17H21FN4OS. The maximum atomic E-state index is 13.3. The second kappa shape index (κ2) is 8.10. The molecule has 0 saturated heterocycles. The maximum absolute atomic E-state index is 13.3. The van der Waals surface area contributed by atoms with Crippen LogP contribution in [0.3, 0.4) is 0 Å². The van der Waals surface area contributed by atoms with E-state index in [1.165, 1.54) is 23.9 Å². The number of carbonyl (C=O) groups is 1. The summed E-state index contributed by atoms with van der Waals surface area (Å²) in [4.78, 5) is 14.1. The van der Waals surface area contributed by atoms with Crippen LogP contribution in [0.4, 0.5) is 4.39 Å². The molecule has 128 valence electrons.